The number of hydrogen-bond acceptors (Lipinski definition) is 5. The first-order chi connectivity index (χ1) is 11.7. The molecule has 8 heteroatoms. The van der Waals surface area contributed by atoms with Crippen LogP contribution in [0, 0.1) is 6.92 Å². The Kier molecular flexibility index (Phi) is 4.66. The maximum Gasteiger partial charge on any atom is 0.269 e. The van der Waals surface area contributed by atoms with E-state index in [0.29, 0.717) is 29.7 Å². The molecule has 24 heavy (non-hydrogen) atoms. The van der Waals surface area contributed by atoms with Crippen LogP contribution < -0.4 is 10.9 Å². The van der Waals surface area contributed by atoms with Crippen molar-refractivity contribution in [3.05, 3.63) is 72.2 Å². The van der Waals surface area contributed by atoms with E-state index in [2.05, 4.69) is 26.0 Å². The lowest BCUT2D eigenvalue weighted by molar-refractivity contribution is 0.0943. The quantitative estimate of drug-likeness (QED) is 0.432. The summed E-state index contributed by atoms with van der Waals surface area (Å²) in [7, 11) is 0. The summed E-state index contributed by atoms with van der Waals surface area (Å²) in [5.74, 6) is 1.45. The first-order valence-electron chi connectivity index (χ1n) is 7.29. The standard InChI is InChI=1S/C16H16N6O2/c1-12-19-18-11-22(12)16(17-10-14-8-5-9-24-14)21-20-15(23)13-6-3-2-4-7-13/h2-9,11H,10H2,1H3,(H,17,21)(H,20,23). The highest BCUT2D eigenvalue weighted by Gasteiger charge is 2.10. The maximum atomic E-state index is 12.1. The molecular formula is C16H16N6O2. The van der Waals surface area contributed by atoms with Gasteiger partial charge in [0.1, 0.15) is 24.5 Å². The van der Waals surface area contributed by atoms with Crippen LogP contribution in [-0.4, -0.2) is 26.6 Å². The van der Waals surface area contributed by atoms with Crippen LogP contribution in [0.4, 0.5) is 0 Å². The summed E-state index contributed by atoms with van der Waals surface area (Å²) in [5, 5.41) is 7.75. The lowest BCUT2D eigenvalue weighted by atomic mass is 10.2. The van der Waals surface area contributed by atoms with Gasteiger partial charge in [-0.05, 0) is 31.2 Å². The van der Waals surface area contributed by atoms with E-state index in [-0.39, 0.29) is 5.91 Å². The zero-order valence-corrected chi connectivity index (χ0v) is 13.0. The third-order valence-corrected chi connectivity index (χ3v) is 3.23. The molecule has 1 amide bonds. The van der Waals surface area contributed by atoms with Crippen LogP contribution in [0.3, 0.4) is 0 Å². The minimum absolute atomic E-state index is 0.271. The Morgan fingerprint density at radius 2 is 2.04 bits per heavy atom. The highest BCUT2D eigenvalue weighted by molar-refractivity contribution is 5.95. The molecule has 3 aromatic rings. The van der Waals surface area contributed by atoms with Gasteiger partial charge >= 0.3 is 0 Å². The van der Waals surface area contributed by atoms with E-state index >= 15 is 0 Å². The highest BCUT2D eigenvalue weighted by atomic mass is 16.3. The van der Waals surface area contributed by atoms with Crippen molar-refractivity contribution in [2.75, 3.05) is 0 Å². The van der Waals surface area contributed by atoms with Gasteiger partial charge in [0.05, 0.1) is 6.26 Å². The monoisotopic (exact) mass is 324 g/mol. The fourth-order valence-corrected chi connectivity index (χ4v) is 2.01. The normalized spacial score (nSPS) is 11.3. The van der Waals surface area contributed by atoms with E-state index in [1.54, 1.807) is 48.1 Å². The number of carbonyl (C=O) groups is 1. The number of hydrogen-bond donors (Lipinski definition) is 2. The van der Waals surface area contributed by atoms with Gasteiger partial charge in [-0.2, -0.15) is 0 Å². The predicted octanol–water partition coefficient (Wildman–Crippen LogP) is 1.52. The molecule has 0 saturated heterocycles. The van der Waals surface area contributed by atoms with Gasteiger partial charge in [0.15, 0.2) is 0 Å². The van der Waals surface area contributed by atoms with Gasteiger partial charge in [-0.3, -0.25) is 20.2 Å². The van der Waals surface area contributed by atoms with Crippen molar-refractivity contribution < 1.29 is 9.21 Å². The highest BCUT2D eigenvalue weighted by Crippen LogP contribution is 2.03. The van der Waals surface area contributed by atoms with E-state index in [0.717, 1.165) is 0 Å². The van der Waals surface area contributed by atoms with Crippen LogP contribution in [0.2, 0.25) is 0 Å². The summed E-state index contributed by atoms with van der Waals surface area (Å²) < 4.78 is 6.90. The number of amides is 1. The molecule has 1 aromatic carbocycles. The molecule has 8 nitrogen and oxygen atoms in total. The van der Waals surface area contributed by atoms with Crippen molar-refractivity contribution >= 4 is 11.9 Å². The van der Waals surface area contributed by atoms with Crippen LogP contribution in [0.5, 0.6) is 0 Å². The molecule has 0 atom stereocenters. The summed E-state index contributed by atoms with van der Waals surface area (Å²) in [6.45, 7) is 2.10. The molecule has 0 fully saturated rings. The van der Waals surface area contributed by atoms with E-state index in [9.17, 15) is 4.79 Å². The molecule has 122 valence electrons. The Morgan fingerprint density at radius 3 is 2.71 bits per heavy atom. The van der Waals surface area contributed by atoms with Gasteiger partial charge in [0.2, 0.25) is 5.96 Å². The summed E-state index contributed by atoms with van der Waals surface area (Å²) >= 11 is 0. The molecule has 2 aromatic heterocycles. The average molecular weight is 324 g/mol. The van der Waals surface area contributed by atoms with Crippen LogP contribution in [-0.2, 0) is 6.54 Å². The zero-order chi connectivity index (χ0) is 16.8. The van der Waals surface area contributed by atoms with Gasteiger partial charge < -0.3 is 4.42 Å². The van der Waals surface area contributed by atoms with Gasteiger partial charge in [-0.1, -0.05) is 18.2 Å². The number of aryl methyl sites for hydroxylation is 1. The van der Waals surface area contributed by atoms with Crippen LogP contribution in [0.15, 0.2) is 64.5 Å². The van der Waals surface area contributed by atoms with E-state index < -0.39 is 0 Å². The third-order valence-electron chi connectivity index (χ3n) is 3.23. The van der Waals surface area contributed by atoms with Crippen molar-refractivity contribution in [1.29, 1.82) is 0 Å². The first-order valence-corrected chi connectivity index (χ1v) is 7.29. The van der Waals surface area contributed by atoms with Crippen molar-refractivity contribution in [1.82, 2.24) is 25.6 Å². The number of carbonyl (C=O) groups excluding carboxylic acids is 1. The average Bonchev–Trinajstić information content (AvgIpc) is 3.27. The maximum absolute atomic E-state index is 12.1. The number of nitrogens with zero attached hydrogens (tertiary/aromatic N) is 4. The Hall–Kier alpha value is -3.42. The summed E-state index contributed by atoms with van der Waals surface area (Å²) in [5.41, 5.74) is 5.97. The largest absolute Gasteiger partial charge is 0.467 e. The molecule has 2 N–H and O–H groups in total. The van der Waals surface area contributed by atoms with Crippen LogP contribution >= 0.6 is 0 Å². The molecule has 3 rings (SSSR count). The number of benzene rings is 1. The smallest absolute Gasteiger partial charge is 0.269 e. The van der Waals surface area contributed by atoms with Gasteiger partial charge in [0, 0.05) is 5.56 Å². The van der Waals surface area contributed by atoms with Gasteiger partial charge in [-0.15, -0.1) is 10.2 Å². The lowest BCUT2D eigenvalue weighted by Gasteiger charge is -2.12. The van der Waals surface area contributed by atoms with Crippen molar-refractivity contribution in [3.8, 4) is 0 Å². The van der Waals surface area contributed by atoms with Crippen molar-refractivity contribution in [3.63, 3.8) is 0 Å². The molecule has 0 aliphatic carbocycles. The minimum Gasteiger partial charge on any atom is -0.467 e. The Morgan fingerprint density at radius 1 is 1.21 bits per heavy atom. The number of rotatable bonds is 3. The second-order valence-corrected chi connectivity index (χ2v) is 4.91. The number of furan rings is 1. The zero-order valence-electron chi connectivity index (χ0n) is 13.0. The number of aliphatic imine (C=N–C) groups is 1. The van der Waals surface area contributed by atoms with Gasteiger partial charge in [-0.25, -0.2) is 4.99 Å². The molecule has 0 unspecified atom stereocenters. The number of aromatic nitrogens is 3. The topological polar surface area (TPSA) is 97.3 Å². The Balaban J connectivity index is 1.74. The second-order valence-electron chi connectivity index (χ2n) is 4.91. The fourth-order valence-electron chi connectivity index (χ4n) is 2.01. The number of nitrogens with one attached hydrogen (secondary N) is 2. The van der Waals surface area contributed by atoms with E-state index in [1.165, 1.54) is 6.33 Å². The first kappa shape index (κ1) is 15.5. The van der Waals surface area contributed by atoms with Crippen molar-refractivity contribution in [2.45, 2.75) is 13.5 Å². The molecule has 0 saturated carbocycles. The summed E-state index contributed by atoms with van der Waals surface area (Å²) in [6, 6.07) is 12.5. The second kappa shape index (κ2) is 7.23. The van der Waals surface area contributed by atoms with Crippen LogP contribution in [0.1, 0.15) is 21.9 Å². The van der Waals surface area contributed by atoms with Crippen molar-refractivity contribution in [2.24, 2.45) is 4.99 Å². The molecule has 0 radical (unpaired) electrons. The molecule has 0 aliphatic heterocycles. The van der Waals surface area contributed by atoms with E-state index in [1.807, 2.05) is 12.1 Å². The summed E-state index contributed by atoms with van der Waals surface area (Å²) in [4.78, 5) is 16.6. The molecule has 0 bridgehead atoms. The molecular weight excluding hydrogens is 308 g/mol. The molecule has 0 aliphatic rings. The minimum atomic E-state index is -0.271. The SMILES string of the molecule is Cc1nncn1C(=NCc1ccco1)NNC(=O)c1ccccc1. The number of hydrazine groups is 1. The lowest BCUT2D eigenvalue weighted by Crippen LogP contribution is -2.45. The molecule has 2 heterocycles. The molecule has 0 spiro atoms. The van der Waals surface area contributed by atoms with Gasteiger partial charge in [0.25, 0.3) is 5.91 Å². The Labute approximate surface area is 138 Å². The van der Waals surface area contributed by atoms with E-state index in [4.69, 9.17) is 4.42 Å². The summed E-state index contributed by atoms with van der Waals surface area (Å²) in [6.07, 6.45) is 3.09. The third kappa shape index (κ3) is 3.67. The fraction of sp³-hybridized carbons (Fsp3) is 0.125. The predicted molar refractivity (Wildman–Crippen MR) is 87.0 cm³/mol. The van der Waals surface area contributed by atoms with Crippen LogP contribution in [0.25, 0.3) is 0 Å². The Bertz CT molecular complexity index is 823.